The molecule has 1 saturated heterocycles. The molecule has 0 amide bonds. The van der Waals surface area contributed by atoms with E-state index in [-0.39, 0.29) is 28.8 Å². The second-order valence-electron chi connectivity index (χ2n) is 13.3. The van der Waals surface area contributed by atoms with Crippen molar-refractivity contribution in [3.8, 4) is 17.2 Å². The quantitative estimate of drug-likeness (QED) is 0.451. The highest BCUT2D eigenvalue weighted by molar-refractivity contribution is 6.19. The van der Waals surface area contributed by atoms with Gasteiger partial charge in [-0.2, -0.15) is 0 Å². The standard InChI is InChI=1S/C33H38O6/c1-17(2)9-10-21-27-20(12-13-30(5,6)37-27)25(34)24-26(35)22-15-19-16-23-31(7,8)39-32(29(19)36,14-11-18(3)4)33(22,23)38-28(21)24/h9,11-13,15,19,23,34H,10,14,16H2,1-8H3/t19-,23?,32+,33-/m0/s1. The molecule has 39 heavy (non-hydrogen) atoms. The van der Waals surface area contributed by atoms with Gasteiger partial charge in [0, 0.05) is 29.4 Å². The Balaban J connectivity index is 1.67. The molecule has 3 aliphatic heterocycles. The van der Waals surface area contributed by atoms with Crippen LogP contribution in [0, 0.1) is 11.8 Å². The smallest absolute Gasteiger partial charge is 0.200 e. The van der Waals surface area contributed by atoms with E-state index in [1.54, 1.807) is 6.08 Å². The Labute approximate surface area is 230 Å². The monoisotopic (exact) mass is 530 g/mol. The fourth-order valence-corrected chi connectivity index (χ4v) is 7.41. The first kappa shape index (κ1) is 26.1. The number of carbonyl (C=O) groups is 2. The van der Waals surface area contributed by atoms with E-state index in [2.05, 4.69) is 6.08 Å². The largest absolute Gasteiger partial charge is 0.506 e. The minimum Gasteiger partial charge on any atom is -0.506 e. The molecule has 1 N–H and O–H groups in total. The highest BCUT2D eigenvalue weighted by Gasteiger charge is 2.81. The number of ketones is 2. The van der Waals surface area contributed by atoms with E-state index in [1.165, 1.54) is 0 Å². The summed E-state index contributed by atoms with van der Waals surface area (Å²) >= 11 is 0. The van der Waals surface area contributed by atoms with E-state index >= 15 is 0 Å². The molecule has 1 aromatic carbocycles. The summed E-state index contributed by atoms with van der Waals surface area (Å²) in [6.45, 7) is 15.9. The van der Waals surface area contributed by atoms with Gasteiger partial charge in [0.25, 0.3) is 0 Å². The van der Waals surface area contributed by atoms with Crippen molar-refractivity contribution in [1.29, 1.82) is 0 Å². The number of aromatic hydroxyl groups is 1. The second-order valence-corrected chi connectivity index (χ2v) is 13.3. The van der Waals surface area contributed by atoms with Crippen LogP contribution in [0.3, 0.4) is 0 Å². The topological polar surface area (TPSA) is 82.1 Å². The van der Waals surface area contributed by atoms with Crippen molar-refractivity contribution in [2.24, 2.45) is 11.8 Å². The number of phenolic OH excluding ortho intramolecular Hbond substituents is 1. The molecule has 2 fully saturated rings. The minimum absolute atomic E-state index is 0.0322. The third-order valence-electron chi connectivity index (χ3n) is 9.13. The van der Waals surface area contributed by atoms with Crippen molar-refractivity contribution >= 4 is 17.6 Å². The van der Waals surface area contributed by atoms with Crippen molar-refractivity contribution in [3.05, 3.63) is 57.7 Å². The lowest BCUT2D eigenvalue weighted by Gasteiger charge is -2.56. The number of hydrogen-bond acceptors (Lipinski definition) is 6. The van der Waals surface area contributed by atoms with Gasteiger partial charge in [-0.1, -0.05) is 29.4 Å². The van der Waals surface area contributed by atoms with Gasteiger partial charge in [0.15, 0.2) is 22.8 Å². The summed E-state index contributed by atoms with van der Waals surface area (Å²) in [7, 11) is 0. The molecule has 3 heterocycles. The van der Waals surface area contributed by atoms with Crippen LogP contribution in [-0.2, 0) is 16.0 Å². The molecule has 0 aromatic heterocycles. The Bertz CT molecular complexity index is 1460. The number of ether oxygens (including phenoxy) is 3. The average molecular weight is 531 g/mol. The summed E-state index contributed by atoms with van der Waals surface area (Å²) in [6, 6.07) is 0. The van der Waals surface area contributed by atoms with E-state index < -0.39 is 28.3 Å². The molecule has 6 heteroatoms. The van der Waals surface area contributed by atoms with Crippen LogP contribution in [0.1, 0.15) is 89.7 Å². The summed E-state index contributed by atoms with van der Waals surface area (Å²) in [6.07, 6.45) is 10.9. The third-order valence-corrected chi connectivity index (χ3v) is 9.13. The molecule has 1 unspecified atom stereocenters. The van der Waals surface area contributed by atoms with Gasteiger partial charge in [0.1, 0.15) is 28.4 Å². The predicted molar refractivity (Wildman–Crippen MR) is 149 cm³/mol. The molecular formula is C33H38O6. The van der Waals surface area contributed by atoms with E-state index in [1.807, 2.05) is 73.6 Å². The zero-order valence-electron chi connectivity index (χ0n) is 24.2. The molecular weight excluding hydrogens is 492 g/mol. The van der Waals surface area contributed by atoms with Gasteiger partial charge in [-0.15, -0.1) is 0 Å². The Kier molecular flexibility index (Phi) is 5.34. The zero-order chi connectivity index (χ0) is 28.3. The minimum atomic E-state index is -1.34. The van der Waals surface area contributed by atoms with Gasteiger partial charge in [-0.05, 0) is 80.4 Å². The molecule has 1 saturated carbocycles. The van der Waals surface area contributed by atoms with Crippen LogP contribution >= 0.6 is 0 Å². The van der Waals surface area contributed by atoms with Crippen LogP contribution in [0.2, 0.25) is 0 Å². The Morgan fingerprint density at radius 3 is 2.38 bits per heavy atom. The van der Waals surface area contributed by atoms with Crippen LogP contribution < -0.4 is 9.47 Å². The first-order valence-corrected chi connectivity index (χ1v) is 13.9. The summed E-state index contributed by atoms with van der Waals surface area (Å²) in [4.78, 5) is 28.6. The van der Waals surface area contributed by atoms with Crippen LogP contribution in [0.5, 0.6) is 17.2 Å². The molecule has 6 aliphatic rings. The van der Waals surface area contributed by atoms with Crippen molar-refractivity contribution in [2.45, 2.75) is 97.1 Å². The molecule has 206 valence electrons. The molecule has 3 aliphatic carbocycles. The van der Waals surface area contributed by atoms with Crippen molar-refractivity contribution in [2.75, 3.05) is 0 Å². The number of fused-ring (bicyclic) bond motifs is 2. The molecule has 7 rings (SSSR count). The number of phenols is 1. The molecule has 1 aromatic rings. The number of benzene rings is 1. The Morgan fingerprint density at radius 1 is 1.03 bits per heavy atom. The lowest BCUT2D eigenvalue weighted by Crippen LogP contribution is -2.72. The molecule has 0 radical (unpaired) electrons. The lowest BCUT2D eigenvalue weighted by atomic mass is 9.51. The van der Waals surface area contributed by atoms with Crippen LogP contribution in [0.4, 0.5) is 0 Å². The van der Waals surface area contributed by atoms with E-state index in [9.17, 15) is 14.7 Å². The van der Waals surface area contributed by atoms with Crippen LogP contribution in [-0.4, -0.2) is 39.1 Å². The summed E-state index contributed by atoms with van der Waals surface area (Å²) in [5.74, 6) is -0.308. The maximum absolute atomic E-state index is 14.5. The van der Waals surface area contributed by atoms with Crippen LogP contribution in [0.25, 0.3) is 6.08 Å². The normalized spacial score (nSPS) is 31.8. The van der Waals surface area contributed by atoms with Gasteiger partial charge >= 0.3 is 0 Å². The molecule has 6 nitrogen and oxygen atoms in total. The van der Waals surface area contributed by atoms with Crippen LogP contribution in [0.15, 0.2) is 41.0 Å². The highest BCUT2D eigenvalue weighted by atomic mass is 16.6. The number of carbonyl (C=O) groups excluding carboxylic acids is 2. The van der Waals surface area contributed by atoms with Gasteiger partial charge < -0.3 is 19.3 Å². The maximum Gasteiger partial charge on any atom is 0.200 e. The van der Waals surface area contributed by atoms with Gasteiger partial charge in [0.2, 0.25) is 0 Å². The lowest BCUT2D eigenvalue weighted by molar-refractivity contribution is -0.171. The van der Waals surface area contributed by atoms with Crippen molar-refractivity contribution in [3.63, 3.8) is 0 Å². The molecule has 4 atom stereocenters. The molecule has 4 bridgehead atoms. The van der Waals surface area contributed by atoms with Crippen molar-refractivity contribution in [1.82, 2.24) is 0 Å². The second kappa shape index (κ2) is 7.97. The van der Waals surface area contributed by atoms with Gasteiger partial charge in [-0.3, -0.25) is 9.59 Å². The third kappa shape index (κ3) is 3.30. The highest BCUT2D eigenvalue weighted by Crippen LogP contribution is 2.68. The summed E-state index contributed by atoms with van der Waals surface area (Å²) < 4.78 is 20.3. The van der Waals surface area contributed by atoms with Gasteiger partial charge in [0.05, 0.1) is 11.2 Å². The van der Waals surface area contributed by atoms with Crippen molar-refractivity contribution < 1.29 is 28.9 Å². The Morgan fingerprint density at radius 2 is 1.72 bits per heavy atom. The number of hydrogen-bond donors (Lipinski definition) is 1. The predicted octanol–water partition coefficient (Wildman–Crippen LogP) is 6.45. The summed E-state index contributed by atoms with van der Waals surface area (Å²) in [5.41, 5.74) is -0.00322. The van der Waals surface area contributed by atoms with E-state index in [4.69, 9.17) is 14.2 Å². The first-order valence-electron chi connectivity index (χ1n) is 13.9. The number of rotatable bonds is 4. The van der Waals surface area contributed by atoms with E-state index in [0.29, 0.717) is 47.5 Å². The number of Topliss-reactive ketones (excluding diaryl/α,β-unsaturated/α-hetero) is 2. The SMILES string of the molecule is CC(C)=CCc1c2c(c(O)c3c1O[C@@]14C(=C[C@H]5CC1C(C)(C)O[C@]4(CC=C(C)C)C5=O)C3=O)C=CC(C)(C)O2. The summed E-state index contributed by atoms with van der Waals surface area (Å²) in [5, 5.41) is 11.5. The van der Waals surface area contributed by atoms with E-state index in [0.717, 1.165) is 11.1 Å². The first-order chi connectivity index (χ1) is 18.1. The fourth-order valence-electron chi connectivity index (χ4n) is 7.41. The maximum atomic E-state index is 14.5. The molecule has 1 spiro atoms. The fraction of sp³-hybridized carbons (Fsp3) is 0.515. The Hall–Kier alpha value is -3.12. The average Bonchev–Trinajstić information content (AvgIpc) is 2.99. The zero-order valence-corrected chi connectivity index (χ0v) is 24.2. The van der Waals surface area contributed by atoms with Gasteiger partial charge in [-0.25, -0.2) is 0 Å². The number of allylic oxidation sites excluding steroid dienone is 4.